The van der Waals surface area contributed by atoms with E-state index in [2.05, 4.69) is 9.88 Å². The Kier molecular flexibility index (Phi) is 9.69. The Hall–Kier alpha value is -3.33. The molecule has 0 aliphatic carbocycles. The van der Waals surface area contributed by atoms with Gasteiger partial charge in [-0.3, -0.25) is 4.90 Å². The summed E-state index contributed by atoms with van der Waals surface area (Å²) in [7, 11) is 0. The number of ether oxygens (including phenoxy) is 2. The number of alkyl halides is 6. The molecule has 9 nitrogen and oxygen atoms in total. The van der Waals surface area contributed by atoms with E-state index >= 15 is 0 Å². The highest BCUT2D eigenvalue weighted by atomic mass is 19.4. The van der Waals surface area contributed by atoms with Crippen molar-refractivity contribution in [2.24, 2.45) is 0 Å². The molecule has 0 amide bonds. The molecule has 0 radical (unpaired) electrons. The average Bonchev–Trinajstić information content (AvgIpc) is 3.26. The highest BCUT2D eigenvalue weighted by Gasteiger charge is 2.48. The van der Waals surface area contributed by atoms with Crippen molar-refractivity contribution in [3.8, 4) is 5.88 Å². The number of aromatic nitrogens is 1. The molecule has 1 unspecified atom stereocenters. The van der Waals surface area contributed by atoms with Crippen molar-refractivity contribution in [3.05, 3.63) is 48.6 Å². The normalized spacial score (nSPS) is 19.1. The van der Waals surface area contributed by atoms with E-state index in [4.69, 9.17) is 33.7 Å². The van der Waals surface area contributed by atoms with Crippen molar-refractivity contribution in [1.29, 1.82) is 0 Å². The quantitative estimate of drug-likeness (QED) is 0.572. The van der Waals surface area contributed by atoms with E-state index in [0.717, 1.165) is 39.1 Å². The van der Waals surface area contributed by atoms with Crippen LogP contribution in [-0.2, 0) is 20.9 Å². The van der Waals surface area contributed by atoms with Crippen LogP contribution < -0.4 is 4.74 Å². The number of hydrogen-bond donors (Lipinski definition) is 2. The number of furan rings is 1. The van der Waals surface area contributed by atoms with Crippen molar-refractivity contribution < 1.29 is 60.0 Å². The molecule has 0 bridgehead atoms. The average molecular weight is 528 g/mol. The third-order valence-corrected chi connectivity index (χ3v) is 4.87. The number of nitrogens with zero attached hydrogens (tertiary/aromatic N) is 2. The lowest BCUT2D eigenvalue weighted by Crippen LogP contribution is -2.65. The Balaban J connectivity index is 0.000000271. The second-order valence-electron chi connectivity index (χ2n) is 7.81. The van der Waals surface area contributed by atoms with Gasteiger partial charge < -0.3 is 24.1 Å². The summed E-state index contributed by atoms with van der Waals surface area (Å²) >= 11 is 0. The molecule has 15 heteroatoms. The fraction of sp³-hybridized carbons (Fsp3) is 0.476. The fourth-order valence-corrected chi connectivity index (χ4v) is 3.41. The molecular weight excluding hydrogens is 506 g/mol. The maximum Gasteiger partial charge on any atom is 0.490 e. The zero-order valence-corrected chi connectivity index (χ0v) is 18.5. The van der Waals surface area contributed by atoms with E-state index in [0.29, 0.717) is 5.88 Å². The molecular formula is C21H22F6N2O7. The summed E-state index contributed by atoms with van der Waals surface area (Å²) in [5, 5.41) is 14.2. The van der Waals surface area contributed by atoms with Crippen LogP contribution in [0.5, 0.6) is 5.88 Å². The number of pyridine rings is 1. The molecule has 0 saturated carbocycles. The van der Waals surface area contributed by atoms with Crippen LogP contribution in [0.1, 0.15) is 18.4 Å². The largest absolute Gasteiger partial charge is 0.490 e. The Morgan fingerprint density at radius 3 is 2.17 bits per heavy atom. The third-order valence-electron chi connectivity index (χ3n) is 4.87. The van der Waals surface area contributed by atoms with Crippen LogP contribution in [0.4, 0.5) is 26.3 Å². The van der Waals surface area contributed by atoms with Gasteiger partial charge in [-0.05, 0) is 12.1 Å². The summed E-state index contributed by atoms with van der Waals surface area (Å²) < 4.78 is 80.6. The van der Waals surface area contributed by atoms with Gasteiger partial charge in [0.15, 0.2) is 0 Å². The molecule has 36 heavy (non-hydrogen) atoms. The number of carbonyl (C=O) groups is 2. The zero-order chi connectivity index (χ0) is 27.0. The van der Waals surface area contributed by atoms with Gasteiger partial charge in [-0.15, -0.1) is 0 Å². The van der Waals surface area contributed by atoms with Gasteiger partial charge in [-0.25, -0.2) is 14.6 Å². The first-order valence-corrected chi connectivity index (χ1v) is 10.3. The maximum absolute atomic E-state index is 10.6. The highest BCUT2D eigenvalue weighted by Crippen LogP contribution is 2.36. The standard InChI is InChI=1S/C17H20N2O3.2C2HF3O2/c1-2-6-18-16(3-1)22-15-5-8-21-17(9-15)12-19(13-17)10-14-4-7-20-11-14;2*3-2(4,5)1(6)7/h1-4,6-7,11,15H,5,8-10,12-13H2;2*(H,6,7). The van der Waals surface area contributed by atoms with Crippen LogP contribution in [0.25, 0.3) is 0 Å². The number of halogens is 6. The van der Waals surface area contributed by atoms with Gasteiger partial charge in [0, 0.05) is 50.3 Å². The molecule has 2 saturated heterocycles. The minimum atomic E-state index is -5.08. The Morgan fingerprint density at radius 1 is 1.08 bits per heavy atom. The van der Waals surface area contributed by atoms with Crippen LogP contribution in [-0.4, -0.2) is 75.8 Å². The summed E-state index contributed by atoms with van der Waals surface area (Å²) in [6.07, 6.45) is -2.82. The highest BCUT2D eigenvalue weighted by molar-refractivity contribution is 5.73. The van der Waals surface area contributed by atoms with E-state index in [1.54, 1.807) is 18.7 Å². The molecule has 2 aliphatic rings. The van der Waals surface area contributed by atoms with Crippen LogP contribution in [0.2, 0.25) is 0 Å². The van der Waals surface area contributed by atoms with Gasteiger partial charge >= 0.3 is 24.3 Å². The monoisotopic (exact) mass is 528 g/mol. The molecule has 4 heterocycles. The lowest BCUT2D eigenvalue weighted by atomic mass is 9.84. The molecule has 2 aromatic rings. The zero-order valence-electron chi connectivity index (χ0n) is 18.5. The van der Waals surface area contributed by atoms with Crippen LogP contribution in [0.15, 0.2) is 47.4 Å². The van der Waals surface area contributed by atoms with Gasteiger partial charge in [-0.1, -0.05) is 6.07 Å². The van der Waals surface area contributed by atoms with Crippen molar-refractivity contribution in [2.45, 2.75) is 43.4 Å². The van der Waals surface area contributed by atoms with E-state index < -0.39 is 24.3 Å². The molecule has 2 aliphatic heterocycles. The lowest BCUT2D eigenvalue weighted by molar-refractivity contribution is -0.193. The molecule has 2 aromatic heterocycles. The first-order chi connectivity index (χ1) is 16.7. The summed E-state index contributed by atoms with van der Waals surface area (Å²) in [4.78, 5) is 24.4. The van der Waals surface area contributed by atoms with Crippen molar-refractivity contribution in [1.82, 2.24) is 9.88 Å². The van der Waals surface area contributed by atoms with Gasteiger partial charge in [0.25, 0.3) is 0 Å². The smallest absolute Gasteiger partial charge is 0.475 e. The van der Waals surface area contributed by atoms with Crippen molar-refractivity contribution in [2.75, 3.05) is 19.7 Å². The number of carboxylic acid groups (broad SMARTS) is 2. The SMILES string of the molecule is O=C(O)C(F)(F)F.O=C(O)C(F)(F)F.c1ccc(OC2CCOC3(C2)CN(Cc2ccoc2)C3)nc1. The topological polar surface area (TPSA) is 122 Å². The maximum atomic E-state index is 10.6. The second kappa shape index (κ2) is 12.1. The summed E-state index contributed by atoms with van der Waals surface area (Å²) in [6, 6.07) is 7.78. The second-order valence-corrected chi connectivity index (χ2v) is 7.81. The first kappa shape index (κ1) is 28.9. The molecule has 0 aromatic carbocycles. The Bertz CT molecular complexity index is 937. The number of rotatable bonds is 4. The first-order valence-electron chi connectivity index (χ1n) is 10.3. The Morgan fingerprint density at radius 2 is 1.69 bits per heavy atom. The third kappa shape index (κ3) is 9.37. The number of likely N-dealkylation sites (tertiary alicyclic amines) is 1. The van der Waals surface area contributed by atoms with E-state index in [-0.39, 0.29) is 11.7 Å². The summed E-state index contributed by atoms with van der Waals surface area (Å²) in [6.45, 7) is 3.60. The summed E-state index contributed by atoms with van der Waals surface area (Å²) in [5.41, 5.74) is 1.17. The fourth-order valence-electron chi connectivity index (χ4n) is 3.41. The minimum absolute atomic E-state index is 0.0402. The molecule has 2 fully saturated rings. The van der Waals surface area contributed by atoms with Crippen molar-refractivity contribution >= 4 is 11.9 Å². The van der Waals surface area contributed by atoms with Gasteiger partial charge in [0.05, 0.1) is 24.7 Å². The molecule has 1 spiro atoms. The van der Waals surface area contributed by atoms with Crippen molar-refractivity contribution in [3.63, 3.8) is 0 Å². The molecule has 2 N–H and O–H groups in total. The number of hydrogen-bond acceptors (Lipinski definition) is 7. The predicted octanol–water partition coefficient (Wildman–Crippen LogP) is 3.75. The summed E-state index contributed by atoms with van der Waals surface area (Å²) in [5.74, 6) is -4.81. The van der Waals surface area contributed by atoms with Gasteiger partial charge in [-0.2, -0.15) is 26.3 Å². The van der Waals surface area contributed by atoms with E-state index in [1.165, 1.54) is 5.56 Å². The van der Waals surface area contributed by atoms with Crippen LogP contribution in [0.3, 0.4) is 0 Å². The van der Waals surface area contributed by atoms with Gasteiger partial charge in [0.2, 0.25) is 5.88 Å². The minimum Gasteiger partial charge on any atom is -0.475 e. The van der Waals surface area contributed by atoms with E-state index in [9.17, 15) is 26.3 Å². The molecule has 200 valence electrons. The number of aliphatic carboxylic acids is 2. The van der Waals surface area contributed by atoms with Crippen LogP contribution >= 0.6 is 0 Å². The lowest BCUT2D eigenvalue weighted by Gasteiger charge is -2.53. The van der Waals surface area contributed by atoms with E-state index in [1.807, 2.05) is 24.3 Å². The molecule has 1 atom stereocenters. The Labute approximate surface area is 200 Å². The molecule has 4 rings (SSSR count). The van der Waals surface area contributed by atoms with Gasteiger partial charge in [0.1, 0.15) is 6.10 Å². The predicted molar refractivity (Wildman–Crippen MR) is 108 cm³/mol. The number of carboxylic acids is 2. The van der Waals surface area contributed by atoms with Crippen LogP contribution in [0, 0.1) is 0 Å².